The molecule has 3 aromatic rings. The highest BCUT2D eigenvalue weighted by Gasteiger charge is 2.28. The number of benzene rings is 2. The second-order valence-electron chi connectivity index (χ2n) is 6.36. The van der Waals surface area contributed by atoms with Gasteiger partial charge in [-0.2, -0.15) is 0 Å². The number of piperazine rings is 1. The van der Waals surface area contributed by atoms with Crippen LogP contribution >= 0.6 is 34.2 Å². The van der Waals surface area contributed by atoms with Crippen molar-refractivity contribution >= 4 is 57.0 Å². The van der Waals surface area contributed by atoms with E-state index in [2.05, 4.69) is 22.6 Å². The van der Waals surface area contributed by atoms with Crippen molar-refractivity contribution < 1.29 is 14.0 Å². The van der Waals surface area contributed by atoms with Crippen molar-refractivity contribution in [2.75, 3.05) is 26.2 Å². The molecule has 0 saturated carbocycles. The first-order chi connectivity index (χ1) is 13.0. The lowest BCUT2D eigenvalue weighted by Crippen LogP contribution is -2.50. The van der Waals surface area contributed by atoms with Gasteiger partial charge in [-0.25, -0.2) is 0 Å². The van der Waals surface area contributed by atoms with Crippen molar-refractivity contribution in [1.82, 2.24) is 9.80 Å². The normalized spacial score (nSPS) is 14.6. The summed E-state index contributed by atoms with van der Waals surface area (Å²) in [6, 6.07) is 14.6. The average molecular weight is 495 g/mol. The number of halogens is 2. The van der Waals surface area contributed by atoms with E-state index < -0.39 is 0 Å². The Morgan fingerprint density at radius 2 is 1.59 bits per heavy atom. The first-order valence-electron chi connectivity index (χ1n) is 8.55. The van der Waals surface area contributed by atoms with Crippen molar-refractivity contribution in [2.24, 2.45) is 0 Å². The molecular weight excluding hydrogens is 479 g/mol. The summed E-state index contributed by atoms with van der Waals surface area (Å²) in [7, 11) is 0. The summed E-state index contributed by atoms with van der Waals surface area (Å²) in [6.45, 7) is 1.90. The highest BCUT2D eigenvalue weighted by Crippen LogP contribution is 2.22. The van der Waals surface area contributed by atoms with Gasteiger partial charge in [-0.3, -0.25) is 9.59 Å². The molecule has 4 rings (SSSR count). The van der Waals surface area contributed by atoms with Gasteiger partial charge < -0.3 is 14.2 Å². The minimum absolute atomic E-state index is 0.0577. The second kappa shape index (κ2) is 7.52. The Labute approximate surface area is 175 Å². The van der Waals surface area contributed by atoms with Gasteiger partial charge in [-0.15, -0.1) is 0 Å². The number of amides is 2. The Balaban J connectivity index is 1.44. The van der Waals surface area contributed by atoms with Crippen molar-refractivity contribution in [3.05, 3.63) is 68.4 Å². The maximum atomic E-state index is 12.8. The lowest BCUT2D eigenvalue weighted by molar-refractivity contribution is 0.0519. The molecule has 1 aromatic heterocycles. The molecule has 2 heterocycles. The van der Waals surface area contributed by atoms with Crippen LogP contribution in [0.15, 0.2) is 52.9 Å². The number of fused-ring (bicyclic) bond motifs is 1. The molecule has 1 aliphatic rings. The Kier molecular flexibility index (Phi) is 5.10. The fourth-order valence-corrected chi connectivity index (χ4v) is 3.93. The topological polar surface area (TPSA) is 53.8 Å². The lowest BCUT2D eigenvalue weighted by atomic mass is 10.1. The van der Waals surface area contributed by atoms with Gasteiger partial charge in [0.2, 0.25) is 0 Å². The predicted molar refractivity (Wildman–Crippen MR) is 112 cm³/mol. The molecule has 0 atom stereocenters. The molecule has 0 aliphatic carbocycles. The second-order valence-corrected chi connectivity index (χ2v) is 7.96. The van der Waals surface area contributed by atoms with Gasteiger partial charge in [-0.1, -0.05) is 29.8 Å². The van der Waals surface area contributed by atoms with Crippen LogP contribution in [-0.2, 0) is 0 Å². The van der Waals surface area contributed by atoms with Crippen LogP contribution in [0, 0.1) is 3.57 Å². The Bertz CT molecular complexity index is 992. The molecule has 138 valence electrons. The highest BCUT2D eigenvalue weighted by molar-refractivity contribution is 14.1. The molecule has 2 aromatic carbocycles. The van der Waals surface area contributed by atoms with E-state index in [0.717, 1.165) is 8.96 Å². The van der Waals surface area contributed by atoms with Crippen molar-refractivity contribution in [1.29, 1.82) is 0 Å². The summed E-state index contributed by atoms with van der Waals surface area (Å²) in [5, 5.41) is 1.45. The molecule has 0 spiro atoms. The van der Waals surface area contributed by atoms with E-state index >= 15 is 0 Å². The molecule has 0 N–H and O–H groups in total. The summed E-state index contributed by atoms with van der Waals surface area (Å²) >= 11 is 8.16. The number of rotatable bonds is 2. The number of furan rings is 1. The smallest absolute Gasteiger partial charge is 0.289 e. The molecule has 0 unspecified atom stereocenters. The van der Waals surface area contributed by atoms with Crippen molar-refractivity contribution in [3.8, 4) is 0 Å². The standard InChI is InChI=1S/C20H16ClIN2O3/c21-14-5-6-16(22)15(12-14)19(25)23-7-9-24(10-8-23)20(26)18-11-13-3-1-2-4-17(13)27-18/h1-6,11-12H,7-10H2. The minimum atomic E-state index is -0.143. The lowest BCUT2D eigenvalue weighted by Gasteiger charge is -2.34. The van der Waals surface area contributed by atoms with Crippen LogP contribution in [0.2, 0.25) is 5.02 Å². The van der Waals surface area contributed by atoms with E-state index in [1.807, 2.05) is 30.3 Å². The Morgan fingerprint density at radius 1 is 0.926 bits per heavy atom. The van der Waals surface area contributed by atoms with Gasteiger partial charge in [0.1, 0.15) is 5.58 Å². The molecule has 2 amide bonds. The van der Waals surface area contributed by atoms with E-state index in [1.54, 1.807) is 28.0 Å². The first kappa shape index (κ1) is 18.3. The van der Waals surface area contributed by atoms with E-state index in [1.165, 1.54) is 0 Å². The molecule has 0 radical (unpaired) electrons. The van der Waals surface area contributed by atoms with Gasteiger partial charge in [0.25, 0.3) is 11.8 Å². The van der Waals surface area contributed by atoms with E-state index in [-0.39, 0.29) is 11.8 Å². The average Bonchev–Trinajstić information content (AvgIpc) is 3.13. The van der Waals surface area contributed by atoms with Crippen molar-refractivity contribution in [2.45, 2.75) is 0 Å². The van der Waals surface area contributed by atoms with Crippen LogP contribution < -0.4 is 0 Å². The number of hydrogen-bond acceptors (Lipinski definition) is 3. The first-order valence-corrected chi connectivity index (χ1v) is 10.0. The third-order valence-electron chi connectivity index (χ3n) is 4.65. The van der Waals surface area contributed by atoms with Crippen molar-refractivity contribution in [3.63, 3.8) is 0 Å². The minimum Gasteiger partial charge on any atom is -0.451 e. The van der Waals surface area contributed by atoms with Crippen LogP contribution in [-0.4, -0.2) is 47.8 Å². The SMILES string of the molecule is O=C(c1cc2ccccc2o1)N1CCN(C(=O)c2cc(Cl)ccc2I)CC1. The van der Waals surface area contributed by atoms with Crippen LogP contribution in [0.1, 0.15) is 20.9 Å². The number of carbonyl (C=O) groups is 2. The Morgan fingerprint density at radius 3 is 2.30 bits per heavy atom. The third kappa shape index (κ3) is 3.68. The largest absolute Gasteiger partial charge is 0.451 e. The molecular formula is C20H16ClIN2O3. The molecule has 1 fully saturated rings. The van der Waals surface area contributed by atoms with Gasteiger partial charge in [-0.05, 0) is 52.9 Å². The fourth-order valence-electron chi connectivity index (χ4n) is 3.19. The molecule has 1 saturated heterocycles. The van der Waals surface area contributed by atoms with Crippen LogP contribution in [0.3, 0.4) is 0 Å². The van der Waals surface area contributed by atoms with Gasteiger partial charge >= 0.3 is 0 Å². The monoisotopic (exact) mass is 494 g/mol. The summed E-state index contributed by atoms with van der Waals surface area (Å²) in [6.07, 6.45) is 0. The summed E-state index contributed by atoms with van der Waals surface area (Å²) < 4.78 is 6.53. The number of nitrogens with zero attached hydrogens (tertiary/aromatic N) is 2. The predicted octanol–water partition coefficient (Wildman–Crippen LogP) is 4.29. The maximum Gasteiger partial charge on any atom is 0.289 e. The highest BCUT2D eigenvalue weighted by atomic mass is 127. The van der Waals surface area contributed by atoms with Crippen LogP contribution in [0.25, 0.3) is 11.0 Å². The summed E-state index contributed by atoms with van der Waals surface area (Å²) in [4.78, 5) is 29.0. The number of para-hydroxylation sites is 1. The van der Waals surface area contributed by atoms with E-state index in [0.29, 0.717) is 48.1 Å². The van der Waals surface area contributed by atoms with Crippen LogP contribution in [0.5, 0.6) is 0 Å². The van der Waals surface area contributed by atoms with Gasteiger partial charge in [0.15, 0.2) is 5.76 Å². The molecule has 1 aliphatic heterocycles. The number of hydrogen-bond donors (Lipinski definition) is 0. The number of carbonyl (C=O) groups excluding carboxylic acids is 2. The van der Waals surface area contributed by atoms with E-state index in [9.17, 15) is 9.59 Å². The molecule has 5 nitrogen and oxygen atoms in total. The molecule has 0 bridgehead atoms. The van der Waals surface area contributed by atoms with Gasteiger partial charge in [0, 0.05) is 40.2 Å². The summed E-state index contributed by atoms with van der Waals surface area (Å²) in [5.41, 5.74) is 1.30. The fraction of sp³-hybridized carbons (Fsp3) is 0.200. The molecule has 27 heavy (non-hydrogen) atoms. The zero-order valence-corrected chi connectivity index (χ0v) is 17.2. The molecule has 7 heteroatoms. The summed E-state index contributed by atoms with van der Waals surface area (Å²) in [5.74, 6) is 0.133. The Hall–Kier alpha value is -2.06. The van der Waals surface area contributed by atoms with Crippen LogP contribution in [0.4, 0.5) is 0 Å². The van der Waals surface area contributed by atoms with Gasteiger partial charge in [0.05, 0.1) is 5.56 Å². The zero-order chi connectivity index (χ0) is 19.0. The quantitative estimate of drug-likeness (QED) is 0.500. The zero-order valence-electron chi connectivity index (χ0n) is 14.3. The third-order valence-corrected chi connectivity index (χ3v) is 5.82. The maximum absolute atomic E-state index is 12.8. The van der Waals surface area contributed by atoms with E-state index in [4.69, 9.17) is 16.0 Å².